The number of rotatable bonds is 8. The largest absolute Gasteiger partial charge is 0.481 e. The molecule has 0 aliphatic rings. The van der Waals surface area contributed by atoms with Crippen molar-refractivity contribution in [2.45, 2.75) is 52.1 Å². The molecule has 0 aliphatic carbocycles. The first-order chi connectivity index (χ1) is 8.81. The molecule has 110 valence electrons. The molecular formula is C12H22N2O5. The molecule has 0 saturated carbocycles. The Labute approximate surface area is 112 Å². The molecule has 2 atom stereocenters. The van der Waals surface area contributed by atoms with Crippen molar-refractivity contribution < 1.29 is 24.6 Å². The van der Waals surface area contributed by atoms with Crippen molar-refractivity contribution in [1.82, 2.24) is 10.6 Å². The number of carbonyl (C=O) groups excluding carboxylic acids is 1. The molecule has 2 amide bonds. The van der Waals surface area contributed by atoms with Crippen LogP contribution in [0, 0.1) is 5.92 Å². The first kappa shape index (κ1) is 17.2. The SMILES string of the molecule is CCC(CC)C(C)NC(=O)N[C@@H](CC(=O)O)C(=O)O. The van der Waals surface area contributed by atoms with Crippen molar-refractivity contribution in [2.24, 2.45) is 5.92 Å². The Hall–Kier alpha value is -1.79. The minimum Gasteiger partial charge on any atom is -0.481 e. The van der Waals surface area contributed by atoms with E-state index in [0.717, 1.165) is 12.8 Å². The lowest BCUT2D eigenvalue weighted by molar-refractivity contribution is -0.145. The van der Waals surface area contributed by atoms with Crippen molar-refractivity contribution in [3.8, 4) is 0 Å². The molecule has 0 heterocycles. The lowest BCUT2D eigenvalue weighted by Crippen LogP contribution is -2.50. The van der Waals surface area contributed by atoms with Gasteiger partial charge in [-0.25, -0.2) is 9.59 Å². The maximum Gasteiger partial charge on any atom is 0.326 e. The number of carboxylic acid groups (broad SMARTS) is 2. The van der Waals surface area contributed by atoms with Crippen LogP contribution in [0.25, 0.3) is 0 Å². The molecule has 7 heteroatoms. The van der Waals surface area contributed by atoms with E-state index >= 15 is 0 Å². The fourth-order valence-electron chi connectivity index (χ4n) is 1.90. The highest BCUT2D eigenvalue weighted by atomic mass is 16.4. The standard InChI is InChI=1S/C12H22N2O5/c1-4-8(5-2)7(3)13-12(19)14-9(11(17)18)6-10(15)16/h7-9H,4-6H2,1-3H3,(H,15,16)(H,17,18)(H2,13,14,19)/t7?,9-/m0/s1. The number of urea groups is 1. The second kappa shape index (κ2) is 8.34. The molecule has 7 nitrogen and oxygen atoms in total. The van der Waals surface area contributed by atoms with Crippen LogP contribution < -0.4 is 10.6 Å². The van der Waals surface area contributed by atoms with Gasteiger partial charge in [-0.3, -0.25) is 4.79 Å². The Balaban J connectivity index is 4.41. The third kappa shape index (κ3) is 6.64. The number of hydrogen-bond donors (Lipinski definition) is 4. The zero-order chi connectivity index (χ0) is 15.0. The topological polar surface area (TPSA) is 116 Å². The molecule has 0 fully saturated rings. The van der Waals surface area contributed by atoms with Gasteiger partial charge >= 0.3 is 18.0 Å². The van der Waals surface area contributed by atoms with Gasteiger partial charge in [0.25, 0.3) is 0 Å². The van der Waals surface area contributed by atoms with Crippen molar-refractivity contribution in [3.05, 3.63) is 0 Å². The van der Waals surface area contributed by atoms with Gasteiger partial charge in [-0.15, -0.1) is 0 Å². The quantitative estimate of drug-likeness (QED) is 0.527. The van der Waals surface area contributed by atoms with Gasteiger partial charge in [0.05, 0.1) is 6.42 Å². The summed E-state index contributed by atoms with van der Waals surface area (Å²) >= 11 is 0. The highest BCUT2D eigenvalue weighted by Gasteiger charge is 2.24. The average Bonchev–Trinajstić information content (AvgIpc) is 2.28. The van der Waals surface area contributed by atoms with Crippen molar-refractivity contribution >= 4 is 18.0 Å². The first-order valence-corrected chi connectivity index (χ1v) is 6.33. The Kier molecular flexibility index (Phi) is 7.55. The summed E-state index contributed by atoms with van der Waals surface area (Å²) in [6, 6.07) is -2.19. The predicted octanol–water partition coefficient (Wildman–Crippen LogP) is 1.04. The lowest BCUT2D eigenvalue weighted by atomic mass is 9.96. The molecule has 4 N–H and O–H groups in total. The maximum absolute atomic E-state index is 11.6. The van der Waals surface area contributed by atoms with Gasteiger partial charge < -0.3 is 20.8 Å². The van der Waals surface area contributed by atoms with Crippen molar-refractivity contribution in [1.29, 1.82) is 0 Å². The Morgan fingerprint density at radius 2 is 1.58 bits per heavy atom. The Bertz CT molecular complexity index is 328. The summed E-state index contributed by atoms with van der Waals surface area (Å²) in [6.45, 7) is 5.85. The van der Waals surface area contributed by atoms with E-state index in [4.69, 9.17) is 10.2 Å². The van der Waals surface area contributed by atoms with E-state index < -0.39 is 30.4 Å². The molecular weight excluding hydrogens is 252 g/mol. The van der Waals surface area contributed by atoms with E-state index in [0.29, 0.717) is 5.92 Å². The van der Waals surface area contributed by atoms with Crippen molar-refractivity contribution in [3.63, 3.8) is 0 Å². The molecule has 19 heavy (non-hydrogen) atoms. The molecule has 0 aliphatic heterocycles. The van der Waals surface area contributed by atoms with Crippen LogP contribution in [0.4, 0.5) is 4.79 Å². The van der Waals surface area contributed by atoms with Crippen molar-refractivity contribution in [2.75, 3.05) is 0 Å². The molecule has 0 rings (SSSR count). The number of hydrogen-bond acceptors (Lipinski definition) is 3. The van der Waals surface area contributed by atoms with E-state index in [1.54, 1.807) is 0 Å². The third-order valence-electron chi connectivity index (χ3n) is 3.10. The van der Waals surface area contributed by atoms with E-state index in [2.05, 4.69) is 10.6 Å². The van der Waals surface area contributed by atoms with Crippen LogP contribution in [-0.2, 0) is 9.59 Å². The van der Waals surface area contributed by atoms with Crippen LogP contribution in [0.1, 0.15) is 40.0 Å². The number of carboxylic acids is 2. The van der Waals surface area contributed by atoms with Gasteiger partial charge in [0, 0.05) is 6.04 Å². The highest BCUT2D eigenvalue weighted by molar-refractivity contribution is 5.86. The monoisotopic (exact) mass is 274 g/mol. The van der Waals surface area contributed by atoms with Crippen LogP contribution in [0.5, 0.6) is 0 Å². The smallest absolute Gasteiger partial charge is 0.326 e. The molecule has 0 aromatic carbocycles. The molecule has 1 unspecified atom stereocenters. The van der Waals surface area contributed by atoms with Gasteiger partial charge in [0.1, 0.15) is 6.04 Å². The third-order valence-corrected chi connectivity index (χ3v) is 3.10. The second-order valence-corrected chi connectivity index (χ2v) is 4.47. The summed E-state index contributed by atoms with van der Waals surface area (Å²) in [5.41, 5.74) is 0. The van der Waals surface area contributed by atoms with Gasteiger partial charge in [0.15, 0.2) is 0 Å². The highest BCUT2D eigenvalue weighted by Crippen LogP contribution is 2.12. The lowest BCUT2D eigenvalue weighted by Gasteiger charge is -2.23. The van der Waals surface area contributed by atoms with Crippen LogP contribution in [0.2, 0.25) is 0 Å². The summed E-state index contributed by atoms with van der Waals surface area (Å²) in [7, 11) is 0. The zero-order valence-electron chi connectivity index (χ0n) is 11.5. The van der Waals surface area contributed by atoms with Gasteiger partial charge in [0.2, 0.25) is 0 Å². The summed E-state index contributed by atoms with van der Waals surface area (Å²) < 4.78 is 0. The van der Waals surface area contributed by atoms with Gasteiger partial charge in [-0.05, 0) is 12.8 Å². The van der Waals surface area contributed by atoms with E-state index in [1.807, 2.05) is 20.8 Å². The molecule has 0 bridgehead atoms. The Morgan fingerprint density at radius 3 is 1.95 bits per heavy atom. The van der Waals surface area contributed by atoms with E-state index in [-0.39, 0.29) is 6.04 Å². The van der Waals surface area contributed by atoms with Crippen LogP contribution in [0.3, 0.4) is 0 Å². The molecule has 0 aromatic rings. The summed E-state index contributed by atoms with van der Waals surface area (Å²) in [5, 5.41) is 22.1. The van der Waals surface area contributed by atoms with Gasteiger partial charge in [-0.2, -0.15) is 0 Å². The number of amides is 2. The van der Waals surface area contributed by atoms with Crippen LogP contribution >= 0.6 is 0 Å². The second-order valence-electron chi connectivity index (χ2n) is 4.47. The predicted molar refractivity (Wildman–Crippen MR) is 68.9 cm³/mol. The fourth-order valence-corrected chi connectivity index (χ4v) is 1.90. The van der Waals surface area contributed by atoms with Crippen LogP contribution in [-0.4, -0.2) is 40.3 Å². The molecule has 0 radical (unpaired) electrons. The maximum atomic E-state index is 11.6. The number of aliphatic carboxylic acids is 2. The van der Waals surface area contributed by atoms with E-state index in [9.17, 15) is 14.4 Å². The molecule has 0 spiro atoms. The van der Waals surface area contributed by atoms with Crippen LogP contribution in [0.15, 0.2) is 0 Å². The van der Waals surface area contributed by atoms with Gasteiger partial charge in [-0.1, -0.05) is 26.7 Å². The fraction of sp³-hybridized carbons (Fsp3) is 0.750. The van der Waals surface area contributed by atoms with E-state index in [1.165, 1.54) is 0 Å². The summed E-state index contributed by atoms with van der Waals surface area (Å²) in [6.07, 6.45) is 1.15. The normalized spacial score (nSPS) is 13.7. The molecule has 0 aromatic heterocycles. The molecule has 0 saturated heterocycles. The first-order valence-electron chi connectivity index (χ1n) is 6.33. The number of nitrogens with one attached hydrogen (secondary N) is 2. The number of carbonyl (C=O) groups is 3. The average molecular weight is 274 g/mol. The minimum atomic E-state index is -1.42. The Morgan fingerprint density at radius 1 is 1.05 bits per heavy atom. The summed E-state index contributed by atoms with van der Waals surface area (Å²) in [5.74, 6) is -2.35. The summed E-state index contributed by atoms with van der Waals surface area (Å²) in [4.78, 5) is 32.9. The minimum absolute atomic E-state index is 0.103. The zero-order valence-corrected chi connectivity index (χ0v) is 11.5.